The molecule has 0 radical (unpaired) electrons. The van der Waals surface area contributed by atoms with Crippen LogP contribution in [0.1, 0.15) is 16.1 Å². The van der Waals surface area contributed by atoms with E-state index in [1.165, 1.54) is 16.8 Å². The first-order chi connectivity index (χ1) is 14.3. The standard InChI is InChI=1S/C20H22N4O5S/c1-30(28,29)13-21-9-10-22-20(27)17-19(26)18-15(11-23-17)7-8-16(25)24(18)12-14-5-3-2-4-6-14/h2-8,11,21,26H,9-10,12-13H2,1H3,(H,22,27). The molecule has 0 fully saturated rings. The van der Waals surface area contributed by atoms with Crippen LogP contribution in [0, 0.1) is 0 Å². The Kier molecular flexibility index (Phi) is 6.48. The summed E-state index contributed by atoms with van der Waals surface area (Å²) in [6, 6.07) is 12.2. The number of fused-ring (bicyclic) bond motifs is 1. The van der Waals surface area contributed by atoms with E-state index < -0.39 is 15.7 Å². The zero-order chi connectivity index (χ0) is 21.7. The molecule has 0 spiro atoms. The highest BCUT2D eigenvalue weighted by molar-refractivity contribution is 7.90. The first kappa shape index (κ1) is 21.5. The summed E-state index contributed by atoms with van der Waals surface area (Å²) in [5.41, 5.74) is 0.565. The third-order valence-corrected chi connectivity index (χ3v) is 5.07. The van der Waals surface area contributed by atoms with Gasteiger partial charge in [0.2, 0.25) is 0 Å². The van der Waals surface area contributed by atoms with Crippen molar-refractivity contribution in [2.75, 3.05) is 25.2 Å². The van der Waals surface area contributed by atoms with Gasteiger partial charge < -0.3 is 20.3 Å². The number of nitrogens with zero attached hydrogens (tertiary/aromatic N) is 2. The Morgan fingerprint density at radius 3 is 2.57 bits per heavy atom. The summed E-state index contributed by atoms with van der Waals surface area (Å²) in [5.74, 6) is -1.21. The van der Waals surface area contributed by atoms with E-state index in [0.717, 1.165) is 11.8 Å². The van der Waals surface area contributed by atoms with Crippen molar-refractivity contribution in [2.45, 2.75) is 6.54 Å². The lowest BCUT2D eigenvalue weighted by atomic mass is 10.1. The lowest BCUT2D eigenvalue weighted by molar-refractivity contribution is 0.0946. The molecule has 0 saturated carbocycles. The van der Waals surface area contributed by atoms with Gasteiger partial charge in [-0.1, -0.05) is 30.3 Å². The first-order valence-electron chi connectivity index (χ1n) is 9.18. The minimum Gasteiger partial charge on any atom is -0.504 e. The van der Waals surface area contributed by atoms with Crippen LogP contribution in [0.2, 0.25) is 0 Å². The van der Waals surface area contributed by atoms with Crippen LogP contribution in [-0.2, 0) is 16.4 Å². The van der Waals surface area contributed by atoms with Crippen LogP contribution in [0.4, 0.5) is 0 Å². The Bertz CT molecular complexity index is 1220. The molecule has 1 amide bonds. The number of sulfone groups is 1. The van der Waals surface area contributed by atoms with E-state index in [9.17, 15) is 23.1 Å². The number of carbonyl (C=O) groups excluding carboxylic acids is 1. The molecule has 0 bridgehead atoms. The first-order valence-corrected chi connectivity index (χ1v) is 11.2. The van der Waals surface area contributed by atoms with Crippen molar-refractivity contribution in [3.63, 3.8) is 0 Å². The van der Waals surface area contributed by atoms with Gasteiger partial charge in [-0.15, -0.1) is 0 Å². The Hall–Kier alpha value is -3.24. The Labute approximate surface area is 173 Å². The molecular formula is C20H22N4O5S. The SMILES string of the molecule is CS(=O)(=O)CNCCNC(=O)c1ncc2ccc(=O)n(Cc3ccccc3)c2c1O. The third-order valence-electron chi connectivity index (χ3n) is 4.35. The van der Waals surface area contributed by atoms with E-state index in [2.05, 4.69) is 15.6 Å². The number of benzene rings is 1. The smallest absolute Gasteiger partial charge is 0.273 e. The fraction of sp³-hybridized carbons (Fsp3) is 0.250. The van der Waals surface area contributed by atoms with Gasteiger partial charge in [-0.2, -0.15) is 0 Å². The number of aromatic nitrogens is 2. The summed E-state index contributed by atoms with van der Waals surface area (Å²) in [5, 5.41) is 16.5. The largest absolute Gasteiger partial charge is 0.504 e. The van der Waals surface area contributed by atoms with Gasteiger partial charge in [-0.05, 0) is 11.6 Å². The van der Waals surface area contributed by atoms with E-state index in [1.54, 1.807) is 6.07 Å². The molecule has 0 aliphatic carbocycles. The molecule has 2 aromatic heterocycles. The number of amides is 1. The summed E-state index contributed by atoms with van der Waals surface area (Å²) in [7, 11) is -3.15. The van der Waals surface area contributed by atoms with E-state index >= 15 is 0 Å². The van der Waals surface area contributed by atoms with Crippen LogP contribution < -0.4 is 16.2 Å². The number of hydrogen-bond donors (Lipinski definition) is 3. The molecule has 0 aliphatic heterocycles. The molecule has 3 rings (SSSR count). The highest BCUT2D eigenvalue weighted by Gasteiger charge is 2.18. The zero-order valence-corrected chi connectivity index (χ0v) is 17.1. The van der Waals surface area contributed by atoms with E-state index in [0.29, 0.717) is 5.39 Å². The normalized spacial score (nSPS) is 11.5. The lowest BCUT2D eigenvalue weighted by Gasteiger charge is -2.13. The second-order valence-corrected chi connectivity index (χ2v) is 8.97. The lowest BCUT2D eigenvalue weighted by Crippen LogP contribution is -2.34. The Morgan fingerprint density at radius 1 is 1.13 bits per heavy atom. The number of aromatic hydroxyl groups is 1. The van der Waals surface area contributed by atoms with Gasteiger partial charge >= 0.3 is 0 Å². The fourth-order valence-corrected chi connectivity index (χ4v) is 3.48. The molecule has 2 heterocycles. The second-order valence-electron chi connectivity index (χ2n) is 6.83. The number of rotatable bonds is 8. The third kappa shape index (κ3) is 5.22. The highest BCUT2D eigenvalue weighted by Crippen LogP contribution is 2.26. The van der Waals surface area contributed by atoms with Crippen molar-refractivity contribution >= 4 is 26.6 Å². The molecule has 1 aromatic carbocycles. The molecule has 3 N–H and O–H groups in total. The average molecular weight is 430 g/mol. The van der Waals surface area contributed by atoms with Gasteiger partial charge in [0.15, 0.2) is 21.3 Å². The molecule has 10 heteroatoms. The monoisotopic (exact) mass is 430 g/mol. The summed E-state index contributed by atoms with van der Waals surface area (Å²) in [6.45, 7) is 0.593. The van der Waals surface area contributed by atoms with Crippen LogP contribution in [0.25, 0.3) is 10.9 Å². The van der Waals surface area contributed by atoms with Crippen molar-refractivity contribution in [1.29, 1.82) is 0 Å². The number of nitrogens with one attached hydrogen (secondary N) is 2. The van der Waals surface area contributed by atoms with Crippen molar-refractivity contribution < 1.29 is 18.3 Å². The topological polar surface area (TPSA) is 130 Å². The zero-order valence-electron chi connectivity index (χ0n) is 16.3. The maximum atomic E-state index is 12.5. The van der Waals surface area contributed by atoms with E-state index in [-0.39, 0.29) is 48.0 Å². The van der Waals surface area contributed by atoms with Crippen LogP contribution in [0.5, 0.6) is 5.75 Å². The van der Waals surface area contributed by atoms with Gasteiger partial charge in [0.25, 0.3) is 11.5 Å². The van der Waals surface area contributed by atoms with Gasteiger partial charge in [0, 0.05) is 37.0 Å². The quantitative estimate of drug-likeness (QED) is 0.443. The van der Waals surface area contributed by atoms with Gasteiger partial charge in [-0.3, -0.25) is 9.59 Å². The summed E-state index contributed by atoms with van der Waals surface area (Å²) in [6.07, 6.45) is 2.53. The number of pyridine rings is 2. The van der Waals surface area contributed by atoms with Gasteiger partial charge in [0.1, 0.15) is 0 Å². The van der Waals surface area contributed by atoms with Gasteiger partial charge in [0.05, 0.1) is 17.9 Å². The van der Waals surface area contributed by atoms with Crippen molar-refractivity contribution in [3.05, 3.63) is 70.3 Å². The van der Waals surface area contributed by atoms with Crippen LogP contribution >= 0.6 is 0 Å². The Morgan fingerprint density at radius 2 is 1.87 bits per heavy atom. The molecular weight excluding hydrogens is 408 g/mol. The molecule has 9 nitrogen and oxygen atoms in total. The molecule has 0 aliphatic rings. The minimum atomic E-state index is -3.15. The number of carbonyl (C=O) groups is 1. The molecule has 158 valence electrons. The molecule has 3 aromatic rings. The van der Waals surface area contributed by atoms with Gasteiger partial charge in [-0.25, -0.2) is 13.4 Å². The molecule has 0 saturated heterocycles. The van der Waals surface area contributed by atoms with Crippen molar-refractivity contribution in [3.8, 4) is 5.75 Å². The molecule has 0 unspecified atom stereocenters. The molecule has 30 heavy (non-hydrogen) atoms. The minimum absolute atomic E-state index is 0.138. The summed E-state index contributed by atoms with van der Waals surface area (Å²) < 4.78 is 23.6. The van der Waals surface area contributed by atoms with Crippen molar-refractivity contribution in [1.82, 2.24) is 20.2 Å². The maximum Gasteiger partial charge on any atom is 0.273 e. The molecule has 0 atom stereocenters. The van der Waals surface area contributed by atoms with E-state index in [4.69, 9.17) is 0 Å². The maximum absolute atomic E-state index is 12.5. The second kappa shape index (κ2) is 9.06. The van der Waals surface area contributed by atoms with Crippen LogP contribution in [0.15, 0.2) is 53.5 Å². The Balaban J connectivity index is 1.84. The predicted octanol–water partition coefficient (Wildman–Crippen LogP) is 0.472. The summed E-state index contributed by atoms with van der Waals surface area (Å²) >= 11 is 0. The van der Waals surface area contributed by atoms with Crippen molar-refractivity contribution in [2.24, 2.45) is 0 Å². The highest BCUT2D eigenvalue weighted by atomic mass is 32.2. The number of hydrogen-bond acceptors (Lipinski definition) is 7. The predicted molar refractivity (Wildman–Crippen MR) is 113 cm³/mol. The fourth-order valence-electron chi connectivity index (χ4n) is 2.97. The summed E-state index contributed by atoms with van der Waals surface area (Å²) in [4.78, 5) is 29.0. The van der Waals surface area contributed by atoms with E-state index in [1.807, 2.05) is 30.3 Å². The van der Waals surface area contributed by atoms with Crippen LogP contribution in [0.3, 0.4) is 0 Å². The van der Waals surface area contributed by atoms with Crippen LogP contribution in [-0.4, -0.2) is 54.2 Å². The average Bonchev–Trinajstić information content (AvgIpc) is 2.70.